The Kier molecular flexibility index (Phi) is 9.24. The zero-order valence-electron chi connectivity index (χ0n) is 12.1. The van der Waals surface area contributed by atoms with Crippen LogP contribution in [0.15, 0.2) is 22.7 Å². The summed E-state index contributed by atoms with van der Waals surface area (Å²) in [6, 6.07) is 5.01. The highest BCUT2D eigenvalue weighted by Gasteiger charge is 2.13. The van der Waals surface area contributed by atoms with E-state index >= 15 is 0 Å². The largest absolute Gasteiger partial charge is 0.346 e. The Morgan fingerprint density at radius 1 is 1.38 bits per heavy atom. The van der Waals surface area contributed by atoms with E-state index in [9.17, 15) is 9.59 Å². The fourth-order valence-corrected chi connectivity index (χ4v) is 2.18. The summed E-state index contributed by atoms with van der Waals surface area (Å²) in [5, 5.41) is 5.28. The number of hydrogen-bond acceptors (Lipinski definition) is 3. The second-order valence-corrected chi connectivity index (χ2v) is 5.54. The summed E-state index contributed by atoms with van der Waals surface area (Å²) < 4.78 is 0.951. The van der Waals surface area contributed by atoms with Crippen molar-refractivity contribution < 1.29 is 9.59 Å². The first-order valence-electron chi connectivity index (χ1n) is 6.53. The molecule has 4 N–H and O–H groups in total. The maximum atomic E-state index is 11.8. The van der Waals surface area contributed by atoms with Crippen molar-refractivity contribution in [3.63, 3.8) is 0 Å². The third-order valence-corrected chi connectivity index (χ3v) is 3.32. The molecule has 1 rings (SSSR count). The smallest absolute Gasteiger partial charge is 0.243 e. The molecular formula is C14H21BrClN3O2. The molecule has 0 spiro atoms. The van der Waals surface area contributed by atoms with Gasteiger partial charge in [-0.25, -0.2) is 0 Å². The third-order valence-electron chi connectivity index (χ3n) is 2.82. The van der Waals surface area contributed by atoms with Gasteiger partial charge in [0.2, 0.25) is 11.8 Å². The van der Waals surface area contributed by atoms with Crippen molar-refractivity contribution in [1.82, 2.24) is 5.32 Å². The predicted molar refractivity (Wildman–Crippen MR) is 90.6 cm³/mol. The second kappa shape index (κ2) is 9.76. The molecule has 5 nitrogen and oxygen atoms in total. The van der Waals surface area contributed by atoms with Crippen LogP contribution in [-0.2, 0) is 9.59 Å². The van der Waals surface area contributed by atoms with Crippen molar-refractivity contribution in [3.8, 4) is 0 Å². The molecule has 21 heavy (non-hydrogen) atoms. The van der Waals surface area contributed by atoms with Crippen LogP contribution in [0.5, 0.6) is 0 Å². The molecule has 1 aromatic rings. The summed E-state index contributed by atoms with van der Waals surface area (Å²) in [5.41, 5.74) is 7.33. The summed E-state index contributed by atoms with van der Waals surface area (Å²) in [7, 11) is 0. The van der Waals surface area contributed by atoms with E-state index < -0.39 is 6.04 Å². The number of nitrogens with one attached hydrogen (secondary N) is 2. The van der Waals surface area contributed by atoms with Crippen molar-refractivity contribution in [2.45, 2.75) is 32.7 Å². The summed E-state index contributed by atoms with van der Waals surface area (Å²) in [5.74, 6) is -0.568. The lowest BCUT2D eigenvalue weighted by molar-refractivity contribution is -0.125. The number of halogens is 2. The fraction of sp³-hybridized carbons (Fsp3) is 0.429. The van der Waals surface area contributed by atoms with Gasteiger partial charge in [-0.05, 0) is 37.1 Å². The Hall–Kier alpha value is -1.11. The molecule has 0 aliphatic heterocycles. The third kappa shape index (κ3) is 6.93. The molecule has 0 aliphatic carbocycles. The van der Waals surface area contributed by atoms with Gasteiger partial charge in [-0.2, -0.15) is 0 Å². The molecule has 1 aromatic carbocycles. The molecular weight excluding hydrogens is 358 g/mol. The van der Waals surface area contributed by atoms with E-state index in [-0.39, 0.29) is 30.8 Å². The van der Waals surface area contributed by atoms with E-state index in [1.165, 1.54) is 0 Å². The molecule has 1 unspecified atom stereocenters. The van der Waals surface area contributed by atoms with Gasteiger partial charge in [-0.3, -0.25) is 9.59 Å². The zero-order valence-corrected chi connectivity index (χ0v) is 14.5. The number of carbonyl (C=O) groups is 2. The lowest BCUT2D eigenvalue weighted by atomic mass is 10.1. The van der Waals surface area contributed by atoms with Crippen LogP contribution >= 0.6 is 28.3 Å². The Balaban J connectivity index is 0.00000400. The highest BCUT2D eigenvalue weighted by molar-refractivity contribution is 9.10. The van der Waals surface area contributed by atoms with Crippen LogP contribution in [0.2, 0.25) is 0 Å². The van der Waals surface area contributed by atoms with Crippen LogP contribution in [0.1, 0.15) is 25.3 Å². The van der Waals surface area contributed by atoms with Gasteiger partial charge in [0, 0.05) is 10.2 Å². The van der Waals surface area contributed by atoms with E-state index in [4.69, 9.17) is 5.73 Å². The number of nitrogens with two attached hydrogens (primary N) is 1. The quantitative estimate of drug-likeness (QED) is 0.710. The minimum atomic E-state index is -0.554. The summed E-state index contributed by atoms with van der Waals surface area (Å²) in [6.07, 6.45) is 1.44. The van der Waals surface area contributed by atoms with Crippen LogP contribution in [-0.4, -0.2) is 24.4 Å². The number of amides is 2. The molecule has 0 saturated carbocycles. The molecule has 0 radical (unpaired) electrons. The van der Waals surface area contributed by atoms with Gasteiger partial charge in [0.1, 0.15) is 0 Å². The lowest BCUT2D eigenvalue weighted by Gasteiger charge is -2.12. The van der Waals surface area contributed by atoms with Gasteiger partial charge in [-0.15, -0.1) is 12.4 Å². The zero-order chi connectivity index (χ0) is 15.1. The van der Waals surface area contributed by atoms with Gasteiger partial charge in [0.25, 0.3) is 0 Å². The van der Waals surface area contributed by atoms with Crippen molar-refractivity contribution in [1.29, 1.82) is 0 Å². The number of hydrogen-bond donors (Lipinski definition) is 3. The number of carbonyl (C=O) groups excluding carboxylic acids is 2. The molecule has 118 valence electrons. The first kappa shape index (κ1) is 19.9. The average Bonchev–Trinajstić information content (AvgIpc) is 2.39. The molecule has 0 aliphatic rings. The highest BCUT2D eigenvalue weighted by Crippen LogP contribution is 2.19. The number of anilines is 1. The number of benzene rings is 1. The maximum absolute atomic E-state index is 11.8. The van der Waals surface area contributed by atoms with E-state index in [1.807, 2.05) is 32.0 Å². The van der Waals surface area contributed by atoms with Gasteiger partial charge >= 0.3 is 0 Å². The number of rotatable bonds is 6. The fourth-order valence-electron chi connectivity index (χ4n) is 1.70. The summed E-state index contributed by atoms with van der Waals surface area (Å²) in [4.78, 5) is 23.3. The summed E-state index contributed by atoms with van der Waals surface area (Å²) in [6.45, 7) is 3.78. The minimum Gasteiger partial charge on any atom is -0.346 e. The molecule has 7 heteroatoms. The monoisotopic (exact) mass is 377 g/mol. The van der Waals surface area contributed by atoms with Crippen molar-refractivity contribution in [2.24, 2.45) is 5.73 Å². The maximum Gasteiger partial charge on any atom is 0.243 e. The Bertz CT molecular complexity index is 497. The molecule has 0 aromatic heterocycles. The van der Waals surface area contributed by atoms with Crippen LogP contribution < -0.4 is 16.4 Å². The molecule has 0 fully saturated rings. The molecule has 0 bridgehead atoms. The van der Waals surface area contributed by atoms with Crippen LogP contribution in [0.3, 0.4) is 0 Å². The van der Waals surface area contributed by atoms with Crippen LogP contribution in [0, 0.1) is 6.92 Å². The predicted octanol–water partition coefficient (Wildman–Crippen LogP) is 2.36. The van der Waals surface area contributed by atoms with Gasteiger partial charge < -0.3 is 16.4 Å². The molecule has 2 amide bonds. The highest BCUT2D eigenvalue weighted by atomic mass is 79.9. The molecule has 0 heterocycles. The van der Waals surface area contributed by atoms with Gasteiger partial charge in [0.05, 0.1) is 12.6 Å². The Labute approximate surface area is 139 Å². The Morgan fingerprint density at radius 3 is 2.62 bits per heavy atom. The first-order chi connectivity index (χ1) is 9.43. The summed E-state index contributed by atoms with van der Waals surface area (Å²) >= 11 is 3.36. The average molecular weight is 379 g/mol. The minimum absolute atomic E-state index is 0. The van der Waals surface area contributed by atoms with Gasteiger partial charge in [0.15, 0.2) is 0 Å². The lowest BCUT2D eigenvalue weighted by Crippen LogP contribution is -2.43. The van der Waals surface area contributed by atoms with E-state index in [0.717, 1.165) is 22.1 Å². The van der Waals surface area contributed by atoms with E-state index in [1.54, 1.807) is 0 Å². The van der Waals surface area contributed by atoms with Crippen LogP contribution in [0.4, 0.5) is 5.69 Å². The van der Waals surface area contributed by atoms with Crippen molar-refractivity contribution in [3.05, 3.63) is 28.2 Å². The van der Waals surface area contributed by atoms with Crippen molar-refractivity contribution >= 4 is 45.8 Å². The Morgan fingerprint density at radius 2 is 2.05 bits per heavy atom. The van der Waals surface area contributed by atoms with Gasteiger partial charge in [-0.1, -0.05) is 29.3 Å². The number of aryl methyl sites for hydroxylation is 1. The van der Waals surface area contributed by atoms with E-state index in [2.05, 4.69) is 26.6 Å². The molecule has 0 saturated heterocycles. The van der Waals surface area contributed by atoms with E-state index in [0.29, 0.717) is 6.42 Å². The standard InChI is InChI=1S/C14H20BrN3O2.ClH/c1-3-4-11(16)14(20)17-8-13(19)18-12-6-5-10(15)7-9(12)2;/h5-7,11H,3-4,8,16H2,1-2H3,(H,17,20)(H,18,19);1H. The van der Waals surface area contributed by atoms with Crippen molar-refractivity contribution in [2.75, 3.05) is 11.9 Å². The normalized spacial score (nSPS) is 11.2. The topological polar surface area (TPSA) is 84.2 Å². The first-order valence-corrected chi connectivity index (χ1v) is 7.32. The molecule has 1 atom stereocenters. The second-order valence-electron chi connectivity index (χ2n) is 4.62. The van der Waals surface area contributed by atoms with Crippen LogP contribution in [0.25, 0.3) is 0 Å². The SMILES string of the molecule is CCCC(N)C(=O)NCC(=O)Nc1ccc(Br)cc1C.Cl.